The molecule has 0 saturated heterocycles. The van der Waals surface area contributed by atoms with Gasteiger partial charge in [-0.25, -0.2) is 0 Å². The highest BCUT2D eigenvalue weighted by molar-refractivity contribution is 7.09. The van der Waals surface area contributed by atoms with Crippen molar-refractivity contribution in [2.45, 2.75) is 39.2 Å². The SMILES string of the molecule is CCC1CCc2onc(C(=O)Nc3cnn(Cc4cccs4)c3)c2C1. The molecule has 7 heteroatoms. The predicted octanol–water partition coefficient (Wildman–Crippen LogP) is 3.75. The molecule has 1 unspecified atom stereocenters. The van der Waals surface area contributed by atoms with Gasteiger partial charge in [0.05, 0.1) is 18.4 Å². The van der Waals surface area contributed by atoms with Crippen molar-refractivity contribution < 1.29 is 9.32 Å². The summed E-state index contributed by atoms with van der Waals surface area (Å²) in [6, 6.07) is 4.08. The average molecular weight is 356 g/mol. The van der Waals surface area contributed by atoms with Crippen LogP contribution in [0.2, 0.25) is 0 Å². The molecule has 25 heavy (non-hydrogen) atoms. The topological polar surface area (TPSA) is 73.0 Å². The summed E-state index contributed by atoms with van der Waals surface area (Å²) in [5.41, 5.74) is 2.06. The van der Waals surface area contributed by atoms with E-state index in [0.29, 0.717) is 23.8 Å². The molecule has 0 bridgehead atoms. The number of nitrogens with zero attached hydrogens (tertiary/aromatic N) is 3. The molecule has 1 N–H and O–H groups in total. The smallest absolute Gasteiger partial charge is 0.278 e. The van der Waals surface area contributed by atoms with Gasteiger partial charge in [-0.15, -0.1) is 11.3 Å². The van der Waals surface area contributed by atoms with Crippen LogP contribution in [-0.2, 0) is 19.4 Å². The molecule has 4 rings (SSSR count). The van der Waals surface area contributed by atoms with Gasteiger partial charge in [-0.3, -0.25) is 9.48 Å². The number of aryl methyl sites for hydroxylation is 1. The van der Waals surface area contributed by atoms with Crippen molar-refractivity contribution >= 4 is 22.9 Å². The summed E-state index contributed by atoms with van der Waals surface area (Å²) in [7, 11) is 0. The molecule has 0 saturated carbocycles. The number of hydrogen-bond acceptors (Lipinski definition) is 5. The molecule has 0 radical (unpaired) electrons. The molecule has 0 aromatic carbocycles. The van der Waals surface area contributed by atoms with Crippen LogP contribution in [0.25, 0.3) is 0 Å². The minimum absolute atomic E-state index is 0.225. The highest BCUT2D eigenvalue weighted by Crippen LogP contribution is 2.30. The molecule has 130 valence electrons. The van der Waals surface area contributed by atoms with E-state index in [0.717, 1.165) is 37.0 Å². The standard InChI is InChI=1S/C18H20N4O2S/c1-2-12-5-6-16-15(8-12)17(21-24-16)18(23)20-13-9-19-22(10-13)11-14-4-3-7-25-14/h3-4,7,9-10,12H,2,5-6,8,11H2,1H3,(H,20,23). The maximum Gasteiger partial charge on any atom is 0.278 e. The first-order valence-corrected chi connectivity index (χ1v) is 9.44. The maximum absolute atomic E-state index is 12.6. The first-order chi connectivity index (χ1) is 12.2. The Morgan fingerprint density at radius 2 is 2.44 bits per heavy atom. The summed E-state index contributed by atoms with van der Waals surface area (Å²) in [6.45, 7) is 2.88. The summed E-state index contributed by atoms with van der Waals surface area (Å²) in [5.74, 6) is 1.24. The van der Waals surface area contributed by atoms with Crippen molar-refractivity contribution in [1.82, 2.24) is 14.9 Å². The molecule has 0 fully saturated rings. The van der Waals surface area contributed by atoms with Gasteiger partial charge < -0.3 is 9.84 Å². The van der Waals surface area contributed by atoms with Gasteiger partial charge in [-0.05, 0) is 30.2 Å². The van der Waals surface area contributed by atoms with Crippen LogP contribution in [0.5, 0.6) is 0 Å². The Balaban J connectivity index is 1.46. The number of aromatic nitrogens is 3. The molecular formula is C18H20N4O2S. The van der Waals surface area contributed by atoms with E-state index < -0.39 is 0 Å². The number of nitrogens with one attached hydrogen (secondary N) is 1. The van der Waals surface area contributed by atoms with Crippen molar-refractivity contribution in [3.05, 3.63) is 51.8 Å². The normalized spacial score (nSPS) is 16.6. The van der Waals surface area contributed by atoms with E-state index in [-0.39, 0.29) is 5.91 Å². The quantitative estimate of drug-likeness (QED) is 0.756. The van der Waals surface area contributed by atoms with E-state index in [2.05, 4.69) is 28.6 Å². The van der Waals surface area contributed by atoms with Gasteiger partial charge in [0.2, 0.25) is 0 Å². The van der Waals surface area contributed by atoms with Crippen LogP contribution in [-0.4, -0.2) is 20.8 Å². The van der Waals surface area contributed by atoms with Gasteiger partial charge >= 0.3 is 0 Å². The largest absolute Gasteiger partial charge is 0.360 e. The number of amides is 1. The van der Waals surface area contributed by atoms with E-state index in [4.69, 9.17) is 4.52 Å². The lowest BCUT2D eigenvalue weighted by atomic mass is 9.85. The van der Waals surface area contributed by atoms with Crippen molar-refractivity contribution in [1.29, 1.82) is 0 Å². The molecule has 3 aromatic heterocycles. The lowest BCUT2D eigenvalue weighted by molar-refractivity contribution is 0.101. The van der Waals surface area contributed by atoms with Crippen LogP contribution in [0.15, 0.2) is 34.4 Å². The Hall–Kier alpha value is -2.41. The number of hydrogen-bond donors (Lipinski definition) is 1. The zero-order valence-electron chi connectivity index (χ0n) is 14.1. The van der Waals surface area contributed by atoms with Gasteiger partial charge in [0.1, 0.15) is 5.76 Å². The first-order valence-electron chi connectivity index (χ1n) is 8.56. The molecule has 1 atom stereocenters. The minimum Gasteiger partial charge on any atom is -0.360 e. The van der Waals surface area contributed by atoms with Crippen molar-refractivity contribution in [2.75, 3.05) is 5.32 Å². The zero-order valence-corrected chi connectivity index (χ0v) is 14.9. The van der Waals surface area contributed by atoms with Crippen LogP contribution in [0, 0.1) is 5.92 Å². The Morgan fingerprint density at radius 1 is 1.52 bits per heavy atom. The molecule has 3 heterocycles. The third-order valence-electron chi connectivity index (χ3n) is 4.72. The molecule has 0 aliphatic heterocycles. The third kappa shape index (κ3) is 3.37. The van der Waals surface area contributed by atoms with E-state index in [1.54, 1.807) is 17.5 Å². The molecule has 1 aliphatic carbocycles. The second kappa shape index (κ2) is 6.84. The number of rotatable bonds is 5. The van der Waals surface area contributed by atoms with E-state index in [1.807, 2.05) is 22.3 Å². The first kappa shape index (κ1) is 16.1. The van der Waals surface area contributed by atoms with Crippen LogP contribution < -0.4 is 5.32 Å². The lowest BCUT2D eigenvalue weighted by Gasteiger charge is -2.19. The molecule has 3 aromatic rings. The average Bonchev–Trinajstić information content (AvgIpc) is 3.35. The molecule has 6 nitrogen and oxygen atoms in total. The summed E-state index contributed by atoms with van der Waals surface area (Å²) < 4.78 is 7.20. The zero-order chi connectivity index (χ0) is 17.2. The van der Waals surface area contributed by atoms with Gasteiger partial charge in [0.15, 0.2) is 5.69 Å². The van der Waals surface area contributed by atoms with Crippen LogP contribution in [0.4, 0.5) is 5.69 Å². The Bertz CT molecular complexity index is 866. The molecule has 1 aliphatic rings. The summed E-state index contributed by atoms with van der Waals surface area (Å²) >= 11 is 1.69. The molecule has 0 spiro atoms. The minimum atomic E-state index is -0.225. The number of fused-ring (bicyclic) bond motifs is 1. The fourth-order valence-electron chi connectivity index (χ4n) is 3.27. The van der Waals surface area contributed by atoms with Gasteiger partial charge in [-0.2, -0.15) is 5.10 Å². The number of carbonyl (C=O) groups is 1. The van der Waals surface area contributed by atoms with Crippen molar-refractivity contribution in [3.8, 4) is 0 Å². The second-order valence-electron chi connectivity index (χ2n) is 6.41. The predicted molar refractivity (Wildman–Crippen MR) is 95.9 cm³/mol. The Morgan fingerprint density at radius 3 is 3.24 bits per heavy atom. The van der Waals surface area contributed by atoms with Crippen LogP contribution >= 0.6 is 11.3 Å². The van der Waals surface area contributed by atoms with Gasteiger partial charge in [0.25, 0.3) is 5.91 Å². The summed E-state index contributed by atoms with van der Waals surface area (Å²) in [5, 5.41) is 13.2. The fraction of sp³-hybridized carbons (Fsp3) is 0.389. The molecular weight excluding hydrogens is 336 g/mol. The van der Waals surface area contributed by atoms with E-state index in [1.165, 1.54) is 4.88 Å². The van der Waals surface area contributed by atoms with Crippen LogP contribution in [0.3, 0.4) is 0 Å². The number of anilines is 1. The van der Waals surface area contributed by atoms with E-state index >= 15 is 0 Å². The Labute approximate surface area is 149 Å². The highest BCUT2D eigenvalue weighted by Gasteiger charge is 2.28. The van der Waals surface area contributed by atoms with Gasteiger partial charge in [-0.1, -0.05) is 24.6 Å². The summed E-state index contributed by atoms with van der Waals surface area (Å²) in [4.78, 5) is 13.8. The number of carbonyl (C=O) groups excluding carboxylic acids is 1. The van der Waals surface area contributed by atoms with E-state index in [9.17, 15) is 4.79 Å². The lowest BCUT2D eigenvalue weighted by Crippen LogP contribution is -2.18. The third-order valence-corrected chi connectivity index (χ3v) is 5.58. The highest BCUT2D eigenvalue weighted by atomic mass is 32.1. The second-order valence-corrected chi connectivity index (χ2v) is 7.44. The molecule has 1 amide bonds. The fourth-order valence-corrected chi connectivity index (χ4v) is 3.97. The number of thiophene rings is 1. The van der Waals surface area contributed by atoms with Crippen molar-refractivity contribution in [3.63, 3.8) is 0 Å². The van der Waals surface area contributed by atoms with Crippen LogP contribution in [0.1, 0.15) is 46.5 Å². The van der Waals surface area contributed by atoms with Gasteiger partial charge in [0, 0.05) is 23.1 Å². The van der Waals surface area contributed by atoms with Crippen molar-refractivity contribution in [2.24, 2.45) is 5.92 Å². The summed E-state index contributed by atoms with van der Waals surface area (Å²) in [6.07, 6.45) is 7.45. The monoisotopic (exact) mass is 356 g/mol. The Kier molecular flexibility index (Phi) is 4.40. The maximum atomic E-state index is 12.6.